The van der Waals surface area contributed by atoms with Gasteiger partial charge in [-0.3, -0.25) is 4.99 Å². The fourth-order valence-corrected chi connectivity index (χ4v) is 3.53. The maximum atomic E-state index is 12.3. The van der Waals surface area contributed by atoms with Crippen LogP contribution in [0.4, 0.5) is 4.79 Å². The second kappa shape index (κ2) is 11.7. The van der Waals surface area contributed by atoms with Crippen molar-refractivity contribution in [3.63, 3.8) is 0 Å². The molecule has 0 aromatic heterocycles. The first-order chi connectivity index (χ1) is 14.3. The van der Waals surface area contributed by atoms with E-state index in [1.54, 1.807) is 14.2 Å². The fourth-order valence-electron chi connectivity index (χ4n) is 3.53. The Balaban J connectivity index is 1.67. The Bertz CT molecular complexity index is 683. The van der Waals surface area contributed by atoms with Crippen molar-refractivity contribution in [1.82, 2.24) is 15.5 Å². The van der Waals surface area contributed by atoms with E-state index in [2.05, 4.69) is 27.8 Å². The zero-order valence-electron chi connectivity index (χ0n) is 19.2. The molecule has 1 aliphatic rings. The average Bonchev–Trinajstić information content (AvgIpc) is 2.72. The van der Waals surface area contributed by atoms with Crippen LogP contribution in [0.5, 0.6) is 5.75 Å². The number of rotatable bonds is 7. The number of hydrogen-bond donors (Lipinski definition) is 2. The molecule has 1 saturated heterocycles. The van der Waals surface area contributed by atoms with Gasteiger partial charge in [-0.25, -0.2) is 4.79 Å². The quantitative estimate of drug-likeness (QED) is 0.524. The first kappa shape index (κ1) is 23.8. The van der Waals surface area contributed by atoms with Gasteiger partial charge in [0.25, 0.3) is 0 Å². The lowest BCUT2D eigenvalue weighted by Crippen LogP contribution is -2.44. The molecule has 1 aliphatic heterocycles. The Labute approximate surface area is 181 Å². The molecule has 1 aromatic rings. The molecule has 1 fully saturated rings. The summed E-state index contributed by atoms with van der Waals surface area (Å²) in [6.45, 7) is 8.90. The minimum Gasteiger partial charge on any atom is -0.497 e. The van der Waals surface area contributed by atoms with E-state index in [4.69, 9.17) is 9.47 Å². The Morgan fingerprint density at radius 1 is 1.20 bits per heavy atom. The lowest BCUT2D eigenvalue weighted by molar-refractivity contribution is 0.0162. The van der Waals surface area contributed by atoms with Crippen molar-refractivity contribution in [3.8, 4) is 5.75 Å². The molecule has 0 spiro atoms. The van der Waals surface area contributed by atoms with Gasteiger partial charge >= 0.3 is 6.09 Å². The summed E-state index contributed by atoms with van der Waals surface area (Å²) in [7, 11) is 3.46. The van der Waals surface area contributed by atoms with Gasteiger partial charge in [-0.15, -0.1) is 0 Å². The van der Waals surface area contributed by atoms with Gasteiger partial charge in [-0.1, -0.05) is 12.1 Å². The van der Waals surface area contributed by atoms with Crippen molar-refractivity contribution >= 4 is 12.1 Å². The predicted octanol–water partition coefficient (Wildman–Crippen LogP) is 3.44. The van der Waals surface area contributed by atoms with Crippen LogP contribution in [0.15, 0.2) is 29.3 Å². The van der Waals surface area contributed by atoms with Crippen LogP contribution in [0.25, 0.3) is 0 Å². The second-order valence-electron chi connectivity index (χ2n) is 8.75. The molecule has 2 N–H and O–H groups in total. The van der Waals surface area contributed by atoms with Crippen LogP contribution in [0.3, 0.4) is 0 Å². The summed E-state index contributed by atoms with van der Waals surface area (Å²) >= 11 is 0. The van der Waals surface area contributed by atoms with Crippen molar-refractivity contribution in [1.29, 1.82) is 0 Å². The van der Waals surface area contributed by atoms with Gasteiger partial charge in [0.1, 0.15) is 11.4 Å². The Kier molecular flexibility index (Phi) is 9.27. The lowest BCUT2D eigenvalue weighted by atomic mass is 9.95. The molecule has 7 nitrogen and oxygen atoms in total. The molecule has 0 radical (unpaired) electrons. The SMILES string of the molecule is CN=C(NCCc1ccc(OC)cc1)NCCC1CCCN(C(=O)OC(C)(C)C)C1. The van der Waals surface area contributed by atoms with Crippen LogP contribution in [-0.4, -0.2) is 62.9 Å². The molecular formula is C23H38N4O3. The van der Waals surface area contributed by atoms with E-state index in [-0.39, 0.29) is 6.09 Å². The topological polar surface area (TPSA) is 75.2 Å². The average molecular weight is 419 g/mol. The Morgan fingerprint density at radius 3 is 2.53 bits per heavy atom. The minimum atomic E-state index is -0.449. The third kappa shape index (κ3) is 8.51. The molecule has 1 heterocycles. The van der Waals surface area contributed by atoms with Crippen LogP contribution in [-0.2, 0) is 11.2 Å². The summed E-state index contributed by atoms with van der Waals surface area (Å²) in [5, 5.41) is 6.75. The van der Waals surface area contributed by atoms with Gasteiger partial charge < -0.3 is 25.0 Å². The van der Waals surface area contributed by atoms with Crippen molar-refractivity contribution < 1.29 is 14.3 Å². The van der Waals surface area contributed by atoms with E-state index in [1.807, 2.05) is 37.8 Å². The smallest absolute Gasteiger partial charge is 0.410 e. The number of nitrogens with zero attached hydrogens (tertiary/aromatic N) is 2. The summed E-state index contributed by atoms with van der Waals surface area (Å²) in [6, 6.07) is 8.12. The van der Waals surface area contributed by atoms with E-state index >= 15 is 0 Å². The summed E-state index contributed by atoms with van der Waals surface area (Å²) in [5.74, 6) is 2.16. The molecule has 7 heteroatoms. The van der Waals surface area contributed by atoms with Crippen LogP contribution >= 0.6 is 0 Å². The molecule has 1 aromatic carbocycles. The van der Waals surface area contributed by atoms with Gasteiger partial charge in [0.2, 0.25) is 0 Å². The third-order valence-electron chi connectivity index (χ3n) is 5.10. The number of guanidine groups is 1. The fraction of sp³-hybridized carbons (Fsp3) is 0.652. The van der Waals surface area contributed by atoms with Crippen molar-refractivity contribution in [2.75, 3.05) is 40.3 Å². The number of likely N-dealkylation sites (tertiary alicyclic amines) is 1. The Hall–Kier alpha value is -2.44. The molecule has 1 unspecified atom stereocenters. The predicted molar refractivity (Wildman–Crippen MR) is 121 cm³/mol. The minimum absolute atomic E-state index is 0.198. The summed E-state index contributed by atoms with van der Waals surface area (Å²) < 4.78 is 10.7. The molecule has 0 saturated carbocycles. The molecule has 168 valence electrons. The highest BCUT2D eigenvalue weighted by molar-refractivity contribution is 5.79. The monoisotopic (exact) mass is 418 g/mol. The summed E-state index contributed by atoms with van der Waals surface area (Å²) in [4.78, 5) is 18.5. The van der Waals surface area contributed by atoms with Gasteiger partial charge in [0.05, 0.1) is 7.11 Å². The largest absolute Gasteiger partial charge is 0.497 e. The van der Waals surface area contributed by atoms with Gasteiger partial charge in [0, 0.05) is 33.2 Å². The van der Waals surface area contributed by atoms with Crippen molar-refractivity contribution in [2.24, 2.45) is 10.9 Å². The van der Waals surface area contributed by atoms with Crippen LogP contribution in [0.2, 0.25) is 0 Å². The maximum absolute atomic E-state index is 12.3. The first-order valence-corrected chi connectivity index (χ1v) is 10.9. The zero-order valence-corrected chi connectivity index (χ0v) is 19.2. The van der Waals surface area contributed by atoms with E-state index in [0.717, 1.165) is 63.6 Å². The molecule has 1 atom stereocenters. The van der Waals surface area contributed by atoms with Crippen LogP contribution < -0.4 is 15.4 Å². The van der Waals surface area contributed by atoms with E-state index < -0.39 is 5.60 Å². The standard InChI is InChI=1S/C23H38N4O3/c1-23(2,3)30-22(28)27-16-6-7-19(17-27)13-15-26-21(24-4)25-14-12-18-8-10-20(29-5)11-9-18/h8-11,19H,6-7,12-17H2,1-5H3,(H2,24,25,26). The normalized spacial score (nSPS) is 17.4. The van der Waals surface area contributed by atoms with Gasteiger partial charge in [-0.2, -0.15) is 0 Å². The number of methoxy groups -OCH3 is 1. The van der Waals surface area contributed by atoms with E-state index in [9.17, 15) is 4.79 Å². The molecule has 1 amide bonds. The van der Waals surface area contributed by atoms with E-state index in [0.29, 0.717) is 5.92 Å². The number of piperidine rings is 1. The lowest BCUT2D eigenvalue weighted by Gasteiger charge is -2.34. The van der Waals surface area contributed by atoms with Crippen LogP contribution in [0, 0.1) is 5.92 Å². The van der Waals surface area contributed by atoms with E-state index in [1.165, 1.54) is 5.56 Å². The van der Waals surface area contributed by atoms with Gasteiger partial charge in [-0.05, 0) is 70.1 Å². The number of carbonyl (C=O) groups is 1. The highest BCUT2D eigenvalue weighted by Gasteiger charge is 2.27. The Morgan fingerprint density at radius 2 is 1.90 bits per heavy atom. The molecule has 0 bridgehead atoms. The number of carbonyl (C=O) groups excluding carboxylic acids is 1. The zero-order chi connectivity index (χ0) is 22.0. The molecule has 0 aliphatic carbocycles. The number of benzene rings is 1. The van der Waals surface area contributed by atoms with Gasteiger partial charge in [0.15, 0.2) is 5.96 Å². The summed E-state index contributed by atoms with van der Waals surface area (Å²) in [6.07, 6.45) is 3.89. The molecule has 2 rings (SSSR count). The first-order valence-electron chi connectivity index (χ1n) is 10.9. The van der Waals surface area contributed by atoms with Crippen molar-refractivity contribution in [2.45, 2.75) is 52.1 Å². The molecular weight excluding hydrogens is 380 g/mol. The maximum Gasteiger partial charge on any atom is 0.410 e. The second-order valence-corrected chi connectivity index (χ2v) is 8.75. The van der Waals surface area contributed by atoms with Crippen molar-refractivity contribution in [3.05, 3.63) is 29.8 Å². The number of hydrogen-bond acceptors (Lipinski definition) is 4. The number of nitrogens with one attached hydrogen (secondary N) is 2. The molecule has 30 heavy (non-hydrogen) atoms. The number of amides is 1. The number of aliphatic imine (C=N–C) groups is 1. The summed E-state index contributed by atoms with van der Waals surface area (Å²) in [5.41, 5.74) is 0.804. The third-order valence-corrected chi connectivity index (χ3v) is 5.10. The number of ether oxygens (including phenoxy) is 2. The highest BCUT2D eigenvalue weighted by Crippen LogP contribution is 2.21. The highest BCUT2D eigenvalue weighted by atomic mass is 16.6. The van der Waals surface area contributed by atoms with Crippen LogP contribution in [0.1, 0.15) is 45.6 Å².